The van der Waals surface area contributed by atoms with E-state index in [2.05, 4.69) is 5.32 Å². The Hall–Kier alpha value is -2.02. The summed E-state index contributed by atoms with van der Waals surface area (Å²) in [4.78, 5) is 0. The number of benzene rings is 2. The molecule has 2 aromatic rings. The van der Waals surface area contributed by atoms with E-state index in [-0.39, 0.29) is 12.1 Å². The minimum atomic E-state index is 0.262. The molecule has 1 aliphatic rings. The normalized spacial score (nSPS) is 15.5. The Bertz CT molecular complexity index is 564. The maximum atomic E-state index is 8.08. The SMILES string of the molecule is [2H]C1=C([2H])c2ccccc2Nc2ccccc21. The summed E-state index contributed by atoms with van der Waals surface area (Å²) >= 11 is 0. The molecule has 0 aliphatic carbocycles. The van der Waals surface area contributed by atoms with Crippen LogP contribution in [0.2, 0.25) is 0 Å². The van der Waals surface area contributed by atoms with E-state index in [1.807, 2.05) is 48.5 Å². The molecule has 1 N–H and O–H groups in total. The minimum absolute atomic E-state index is 0.262. The van der Waals surface area contributed by atoms with Crippen LogP contribution in [0, 0.1) is 0 Å². The Balaban J connectivity index is 2.33. The third-order valence-corrected chi connectivity index (χ3v) is 2.46. The Morgan fingerprint density at radius 2 is 1.20 bits per heavy atom. The summed E-state index contributed by atoms with van der Waals surface area (Å²) in [6, 6.07) is 15.7. The highest BCUT2D eigenvalue weighted by atomic mass is 14.9. The molecule has 0 radical (unpaired) electrons. The first kappa shape index (κ1) is 6.46. The average Bonchev–Trinajstić information content (AvgIpc) is 2.48. The van der Waals surface area contributed by atoms with Crippen LogP contribution in [0.1, 0.15) is 13.9 Å². The number of hydrogen-bond donors (Lipinski definition) is 1. The van der Waals surface area contributed by atoms with E-state index in [0.29, 0.717) is 0 Å². The van der Waals surface area contributed by atoms with Crippen LogP contribution < -0.4 is 5.32 Å². The second kappa shape index (κ2) is 3.28. The fourth-order valence-corrected chi connectivity index (χ4v) is 1.68. The number of fused-ring (bicyclic) bond motifs is 2. The van der Waals surface area contributed by atoms with Crippen LogP contribution in [0.25, 0.3) is 12.1 Å². The monoisotopic (exact) mass is 195 g/mol. The molecule has 2 aromatic carbocycles. The smallest absolute Gasteiger partial charge is 0.0630 e. The molecule has 3 rings (SSSR count). The van der Waals surface area contributed by atoms with Crippen LogP contribution in [0.5, 0.6) is 0 Å². The van der Waals surface area contributed by atoms with E-state index in [0.717, 1.165) is 22.5 Å². The van der Waals surface area contributed by atoms with Gasteiger partial charge < -0.3 is 5.32 Å². The molecule has 1 heteroatoms. The summed E-state index contributed by atoms with van der Waals surface area (Å²) in [7, 11) is 0. The zero-order valence-corrected chi connectivity index (χ0v) is 8.12. The molecule has 0 saturated carbocycles. The van der Waals surface area contributed by atoms with Gasteiger partial charge in [-0.05, 0) is 23.3 Å². The van der Waals surface area contributed by atoms with Crippen molar-refractivity contribution >= 4 is 23.5 Å². The Kier molecular flexibility index (Phi) is 1.41. The van der Waals surface area contributed by atoms with Gasteiger partial charge in [-0.25, -0.2) is 0 Å². The number of para-hydroxylation sites is 2. The van der Waals surface area contributed by atoms with Crippen molar-refractivity contribution < 1.29 is 2.74 Å². The molecule has 1 heterocycles. The maximum absolute atomic E-state index is 8.08. The van der Waals surface area contributed by atoms with Crippen LogP contribution in [-0.2, 0) is 0 Å². The van der Waals surface area contributed by atoms with Gasteiger partial charge in [-0.3, -0.25) is 0 Å². The lowest BCUT2D eigenvalue weighted by atomic mass is 10.1. The Labute approximate surface area is 91.9 Å². The number of rotatable bonds is 0. The van der Waals surface area contributed by atoms with Gasteiger partial charge >= 0.3 is 0 Å². The van der Waals surface area contributed by atoms with E-state index in [9.17, 15) is 0 Å². The van der Waals surface area contributed by atoms with Gasteiger partial charge in [0.15, 0.2) is 0 Å². The molecule has 0 saturated heterocycles. The summed E-state index contributed by atoms with van der Waals surface area (Å²) in [6.45, 7) is 0. The highest BCUT2D eigenvalue weighted by Crippen LogP contribution is 2.29. The van der Waals surface area contributed by atoms with Gasteiger partial charge in [0.25, 0.3) is 0 Å². The average molecular weight is 195 g/mol. The van der Waals surface area contributed by atoms with Crippen molar-refractivity contribution in [3.63, 3.8) is 0 Å². The molecular formula is C14H11N. The van der Waals surface area contributed by atoms with Crippen molar-refractivity contribution in [2.45, 2.75) is 0 Å². The van der Waals surface area contributed by atoms with Crippen molar-refractivity contribution in [2.75, 3.05) is 5.32 Å². The number of hydrogen-bond acceptors (Lipinski definition) is 1. The molecule has 0 aromatic heterocycles. The highest BCUT2D eigenvalue weighted by molar-refractivity contribution is 5.87. The van der Waals surface area contributed by atoms with Gasteiger partial charge in [-0.15, -0.1) is 0 Å². The van der Waals surface area contributed by atoms with Crippen molar-refractivity contribution in [2.24, 2.45) is 0 Å². The fraction of sp³-hybridized carbons (Fsp3) is 0. The largest absolute Gasteiger partial charge is 0.355 e. The van der Waals surface area contributed by atoms with Gasteiger partial charge in [0.2, 0.25) is 0 Å². The second-order valence-electron chi connectivity index (χ2n) is 3.47. The summed E-state index contributed by atoms with van der Waals surface area (Å²) in [5.41, 5.74) is 3.31. The van der Waals surface area contributed by atoms with Gasteiger partial charge in [0.1, 0.15) is 0 Å². The number of anilines is 2. The summed E-state index contributed by atoms with van der Waals surface area (Å²) in [5, 5.41) is 3.28. The molecule has 0 bridgehead atoms. The van der Waals surface area contributed by atoms with Crippen molar-refractivity contribution in [3.05, 3.63) is 59.7 Å². The van der Waals surface area contributed by atoms with Gasteiger partial charge in [0.05, 0.1) is 2.74 Å². The molecule has 1 nitrogen and oxygen atoms in total. The zero-order chi connectivity index (χ0) is 11.8. The quantitative estimate of drug-likeness (QED) is 0.672. The topological polar surface area (TPSA) is 12.0 Å². The first-order chi connectivity index (χ1) is 8.27. The first-order valence-electron chi connectivity index (χ1n) is 5.90. The van der Waals surface area contributed by atoms with Crippen LogP contribution in [0.15, 0.2) is 48.5 Å². The molecule has 0 amide bonds. The van der Waals surface area contributed by atoms with E-state index in [1.165, 1.54) is 0 Å². The van der Waals surface area contributed by atoms with Crippen molar-refractivity contribution in [3.8, 4) is 0 Å². The lowest BCUT2D eigenvalue weighted by molar-refractivity contribution is 1.53. The molecule has 0 atom stereocenters. The molecular weight excluding hydrogens is 182 g/mol. The standard InChI is InChI=1S/C14H11N/c1-3-7-13-11(5-1)9-10-12-6-2-4-8-14(12)15-13/h1-10,15H/i9D,10D. The first-order valence-corrected chi connectivity index (χ1v) is 4.90. The zero-order valence-electron chi connectivity index (χ0n) is 10.1. The minimum Gasteiger partial charge on any atom is -0.355 e. The van der Waals surface area contributed by atoms with E-state index in [1.54, 1.807) is 0 Å². The molecule has 15 heavy (non-hydrogen) atoms. The maximum Gasteiger partial charge on any atom is 0.0630 e. The summed E-state index contributed by atoms with van der Waals surface area (Å²) in [5.74, 6) is 0. The lowest BCUT2D eigenvalue weighted by Crippen LogP contribution is -1.92. The van der Waals surface area contributed by atoms with Crippen LogP contribution in [0.3, 0.4) is 0 Å². The van der Waals surface area contributed by atoms with Crippen molar-refractivity contribution in [1.29, 1.82) is 0 Å². The van der Waals surface area contributed by atoms with E-state index < -0.39 is 0 Å². The van der Waals surface area contributed by atoms with Gasteiger partial charge in [-0.2, -0.15) is 0 Å². The van der Waals surface area contributed by atoms with Gasteiger partial charge in [-0.1, -0.05) is 48.5 Å². The second-order valence-corrected chi connectivity index (χ2v) is 3.47. The van der Waals surface area contributed by atoms with Gasteiger partial charge in [0, 0.05) is 11.4 Å². The predicted molar refractivity (Wildman–Crippen MR) is 65.1 cm³/mol. The summed E-state index contributed by atoms with van der Waals surface area (Å²) in [6.07, 6.45) is 0. The Morgan fingerprint density at radius 3 is 1.73 bits per heavy atom. The third-order valence-electron chi connectivity index (χ3n) is 2.46. The lowest BCUT2D eigenvalue weighted by Gasteiger charge is -2.08. The van der Waals surface area contributed by atoms with E-state index >= 15 is 0 Å². The predicted octanol–water partition coefficient (Wildman–Crippen LogP) is 3.91. The molecule has 0 fully saturated rings. The molecule has 0 unspecified atom stereocenters. The molecule has 1 aliphatic heterocycles. The molecule has 0 spiro atoms. The van der Waals surface area contributed by atoms with Crippen LogP contribution in [0.4, 0.5) is 11.4 Å². The fourth-order valence-electron chi connectivity index (χ4n) is 1.68. The van der Waals surface area contributed by atoms with Crippen molar-refractivity contribution in [1.82, 2.24) is 0 Å². The van der Waals surface area contributed by atoms with Crippen LogP contribution >= 0.6 is 0 Å². The highest BCUT2D eigenvalue weighted by Gasteiger charge is 2.05. The molecule has 72 valence electrons. The van der Waals surface area contributed by atoms with Crippen LogP contribution in [-0.4, -0.2) is 0 Å². The van der Waals surface area contributed by atoms with E-state index in [4.69, 9.17) is 2.74 Å². The Morgan fingerprint density at radius 1 is 0.733 bits per heavy atom. The number of nitrogens with one attached hydrogen (secondary N) is 1. The summed E-state index contributed by atoms with van der Waals surface area (Å²) < 4.78 is 16.2. The third kappa shape index (κ3) is 1.42.